The van der Waals surface area contributed by atoms with Gasteiger partial charge in [-0.1, -0.05) is 39.0 Å². The van der Waals surface area contributed by atoms with E-state index >= 15 is 0 Å². The number of para-hydroxylation sites is 1. The topological polar surface area (TPSA) is 110 Å². The molecule has 0 bridgehead atoms. The summed E-state index contributed by atoms with van der Waals surface area (Å²) in [5.74, 6) is -1.44. The number of aliphatic hydroxyl groups is 1. The molecule has 10 heteroatoms. The molecule has 1 aromatic carbocycles. The van der Waals surface area contributed by atoms with Gasteiger partial charge in [-0.2, -0.15) is 0 Å². The Kier molecular flexibility index (Phi) is 14.7. The molecule has 2 heterocycles. The molecule has 2 aliphatic heterocycles. The number of methoxy groups -OCH3 is 1. The van der Waals surface area contributed by atoms with Crippen molar-refractivity contribution >= 4 is 17.4 Å². The first-order valence-corrected chi connectivity index (χ1v) is 17.6. The zero-order valence-electron chi connectivity index (χ0n) is 30.7. The maximum Gasteiger partial charge on any atom is 0.319 e. The summed E-state index contributed by atoms with van der Waals surface area (Å²) in [7, 11) is 5.50. The van der Waals surface area contributed by atoms with Gasteiger partial charge in [0.2, 0.25) is 0 Å². The molecule has 2 aliphatic rings. The standard InChI is InChI=1S/C37H63N3O7/c1-11-20-40-23-25(2)22-37(7,44-10)33(47-34-31(41)30(39(8)9)21-26(3)46-34)27(4)32(42)36(5,6)35(43)45-24-29(40)18-15-19-38-28-16-13-12-14-17-28/h12-14,16-17,25-27,29-31,33-34,38,41H,11,15,18-24H2,1-10H3/t25-,26-,27+,29-,30+,31-,33-,34+,37-/m1/s1. The van der Waals surface area contributed by atoms with Gasteiger partial charge in [-0.25, -0.2) is 0 Å². The number of esters is 1. The summed E-state index contributed by atoms with van der Waals surface area (Å²) in [6.45, 7) is 16.0. The summed E-state index contributed by atoms with van der Waals surface area (Å²) in [6, 6.07) is 9.96. The number of nitrogens with zero attached hydrogens (tertiary/aromatic N) is 2. The van der Waals surface area contributed by atoms with E-state index in [0.717, 1.165) is 44.6 Å². The van der Waals surface area contributed by atoms with Crippen LogP contribution in [0, 0.1) is 17.3 Å². The SMILES string of the molecule is CCCN1C[C@H](C)C[C@@](C)(OC)[C@H](O[C@@H]2O[C@H](C)C[C@H](N(C)C)[C@H]2O)[C@@H](C)C(=O)C(C)(C)C(=O)OC[C@H]1CCCNc1ccccc1. The van der Waals surface area contributed by atoms with Crippen molar-refractivity contribution in [2.45, 2.75) is 123 Å². The van der Waals surface area contributed by atoms with Crippen LogP contribution in [0.1, 0.15) is 80.6 Å². The molecule has 2 N–H and O–H groups in total. The van der Waals surface area contributed by atoms with Gasteiger partial charge in [0.1, 0.15) is 18.1 Å². The fourth-order valence-electron chi connectivity index (χ4n) is 7.43. The van der Waals surface area contributed by atoms with Gasteiger partial charge in [0.05, 0.1) is 17.8 Å². The van der Waals surface area contributed by atoms with Crippen LogP contribution in [0.3, 0.4) is 0 Å². The van der Waals surface area contributed by atoms with Gasteiger partial charge in [-0.05, 0) is 98.5 Å². The molecule has 1 aromatic rings. The molecule has 9 atom stereocenters. The highest BCUT2D eigenvalue weighted by atomic mass is 16.7. The number of hydrogen-bond acceptors (Lipinski definition) is 10. The lowest BCUT2D eigenvalue weighted by Crippen LogP contribution is -2.59. The Bertz CT molecular complexity index is 1120. The van der Waals surface area contributed by atoms with Crippen molar-refractivity contribution in [2.24, 2.45) is 17.3 Å². The lowest BCUT2D eigenvalue weighted by Gasteiger charge is -2.47. The first-order chi connectivity index (χ1) is 22.1. The molecule has 0 aromatic heterocycles. The summed E-state index contributed by atoms with van der Waals surface area (Å²) in [5, 5.41) is 14.8. The van der Waals surface area contributed by atoms with Gasteiger partial charge in [-0.3, -0.25) is 14.5 Å². The smallest absolute Gasteiger partial charge is 0.319 e. The third kappa shape index (κ3) is 10.2. The Balaban J connectivity index is 1.93. The molecular weight excluding hydrogens is 598 g/mol. The van der Waals surface area contributed by atoms with Crippen LogP contribution < -0.4 is 5.32 Å². The van der Waals surface area contributed by atoms with E-state index in [1.807, 2.05) is 51.0 Å². The molecule has 47 heavy (non-hydrogen) atoms. The minimum Gasteiger partial charge on any atom is -0.463 e. The van der Waals surface area contributed by atoms with Crippen molar-refractivity contribution in [3.63, 3.8) is 0 Å². The fraction of sp³-hybridized carbons (Fsp3) is 0.784. The summed E-state index contributed by atoms with van der Waals surface area (Å²) in [4.78, 5) is 32.4. The monoisotopic (exact) mass is 661 g/mol. The molecule has 0 unspecified atom stereocenters. The zero-order chi connectivity index (χ0) is 34.9. The van der Waals surface area contributed by atoms with Crippen LogP contribution in [0.5, 0.6) is 0 Å². The number of carbonyl (C=O) groups excluding carboxylic acids is 2. The van der Waals surface area contributed by atoms with Crippen molar-refractivity contribution in [3.05, 3.63) is 30.3 Å². The molecule has 268 valence electrons. The zero-order valence-corrected chi connectivity index (χ0v) is 30.7. The van der Waals surface area contributed by atoms with Crippen LogP contribution in [0.4, 0.5) is 5.69 Å². The Morgan fingerprint density at radius 3 is 2.40 bits per heavy atom. The van der Waals surface area contributed by atoms with Gasteiger partial charge in [0.15, 0.2) is 12.1 Å². The van der Waals surface area contributed by atoms with E-state index in [9.17, 15) is 14.7 Å². The number of carbonyl (C=O) groups is 2. The number of ether oxygens (including phenoxy) is 4. The Labute approximate surface area is 283 Å². The highest BCUT2D eigenvalue weighted by Gasteiger charge is 2.51. The second-order valence-corrected chi connectivity index (χ2v) is 14.9. The van der Waals surface area contributed by atoms with Gasteiger partial charge in [-0.15, -0.1) is 0 Å². The number of anilines is 1. The maximum absolute atomic E-state index is 14.3. The third-order valence-corrected chi connectivity index (χ3v) is 10.2. The van der Waals surface area contributed by atoms with E-state index in [0.29, 0.717) is 12.8 Å². The molecule has 0 aliphatic carbocycles. The van der Waals surface area contributed by atoms with Gasteiger partial charge >= 0.3 is 5.97 Å². The van der Waals surface area contributed by atoms with Crippen LogP contribution in [0.25, 0.3) is 0 Å². The average Bonchev–Trinajstić information content (AvgIpc) is 3.03. The van der Waals surface area contributed by atoms with Gasteiger partial charge in [0, 0.05) is 43.9 Å². The fourth-order valence-corrected chi connectivity index (χ4v) is 7.43. The number of cyclic esters (lactones) is 1. The maximum atomic E-state index is 14.3. The van der Waals surface area contributed by atoms with E-state index in [-0.39, 0.29) is 36.5 Å². The van der Waals surface area contributed by atoms with Crippen molar-refractivity contribution in [3.8, 4) is 0 Å². The number of benzene rings is 1. The highest BCUT2D eigenvalue weighted by molar-refractivity contribution is 6.04. The Hall–Kier alpha value is -2.08. The molecule has 2 saturated heterocycles. The molecular formula is C37H63N3O7. The van der Waals surface area contributed by atoms with Crippen molar-refractivity contribution in [1.29, 1.82) is 0 Å². The number of likely N-dealkylation sites (N-methyl/N-ethyl adjacent to an activating group) is 1. The highest BCUT2D eigenvalue weighted by Crippen LogP contribution is 2.38. The number of Topliss-reactive ketones (excluding diaryl/α,β-unsaturated/α-hetero) is 1. The van der Waals surface area contributed by atoms with Crippen molar-refractivity contribution < 1.29 is 33.6 Å². The summed E-state index contributed by atoms with van der Waals surface area (Å²) >= 11 is 0. The second-order valence-electron chi connectivity index (χ2n) is 14.9. The quantitative estimate of drug-likeness (QED) is 0.191. The summed E-state index contributed by atoms with van der Waals surface area (Å²) in [6.07, 6.45) is 1.08. The molecule has 0 radical (unpaired) electrons. The average molecular weight is 662 g/mol. The van der Waals surface area contributed by atoms with Gasteiger partial charge in [0.25, 0.3) is 0 Å². The molecule has 0 amide bonds. The number of hydrogen-bond donors (Lipinski definition) is 2. The van der Waals surface area contributed by atoms with E-state index < -0.39 is 41.4 Å². The van der Waals surface area contributed by atoms with Crippen LogP contribution in [-0.4, -0.2) is 116 Å². The first kappa shape index (κ1) is 39.4. The molecule has 2 fully saturated rings. The molecule has 10 nitrogen and oxygen atoms in total. The van der Waals surface area contributed by atoms with Crippen LogP contribution >= 0.6 is 0 Å². The summed E-state index contributed by atoms with van der Waals surface area (Å²) in [5.41, 5.74) is -1.27. The van der Waals surface area contributed by atoms with Crippen LogP contribution in [-0.2, 0) is 28.5 Å². The van der Waals surface area contributed by atoms with E-state index in [2.05, 4.69) is 36.2 Å². The Morgan fingerprint density at radius 2 is 1.79 bits per heavy atom. The van der Waals surface area contributed by atoms with E-state index in [4.69, 9.17) is 18.9 Å². The van der Waals surface area contributed by atoms with Crippen LogP contribution in [0.2, 0.25) is 0 Å². The van der Waals surface area contributed by atoms with Crippen molar-refractivity contribution in [2.75, 3.05) is 52.8 Å². The Morgan fingerprint density at radius 1 is 1.11 bits per heavy atom. The second kappa shape index (κ2) is 17.5. The minimum absolute atomic E-state index is 0.000842. The molecule has 0 spiro atoms. The third-order valence-electron chi connectivity index (χ3n) is 10.2. The minimum atomic E-state index is -1.42. The molecule has 3 rings (SSSR count). The van der Waals surface area contributed by atoms with Crippen molar-refractivity contribution in [1.82, 2.24) is 9.80 Å². The predicted molar refractivity (Wildman–Crippen MR) is 185 cm³/mol. The number of nitrogens with one attached hydrogen (secondary N) is 1. The normalized spacial score (nSPS) is 34.6. The predicted octanol–water partition coefficient (Wildman–Crippen LogP) is 4.99. The number of aliphatic hydroxyl groups excluding tert-OH is 1. The van der Waals surface area contributed by atoms with E-state index in [1.54, 1.807) is 27.9 Å². The van der Waals surface area contributed by atoms with Crippen LogP contribution in [0.15, 0.2) is 30.3 Å². The van der Waals surface area contributed by atoms with Gasteiger partial charge < -0.3 is 34.3 Å². The molecule has 0 saturated carbocycles. The largest absolute Gasteiger partial charge is 0.463 e. The van der Waals surface area contributed by atoms with E-state index in [1.165, 1.54) is 0 Å². The number of rotatable bonds is 11. The summed E-state index contributed by atoms with van der Waals surface area (Å²) < 4.78 is 25.1. The lowest BCUT2D eigenvalue weighted by molar-refractivity contribution is -0.295. The number of ketones is 1. The first-order valence-electron chi connectivity index (χ1n) is 17.6. The lowest BCUT2D eigenvalue weighted by atomic mass is 9.74.